The van der Waals surface area contributed by atoms with Crippen molar-refractivity contribution in [2.45, 2.75) is 65.0 Å². The highest BCUT2D eigenvalue weighted by molar-refractivity contribution is 5.51. The number of anilines is 1. The van der Waals surface area contributed by atoms with E-state index in [2.05, 4.69) is 24.8 Å². The molecule has 3 rings (SSSR count). The number of aryl methyl sites for hydroxylation is 2. The van der Waals surface area contributed by atoms with E-state index in [9.17, 15) is 0 Å². The quantitative estimate of drug-likeness (QED) is 0.896. The van der Waals surface area contributed by atoms with Gasteiger partial charge in [0.25, 0.3) is 0 Å². The van der Waals surface area contributed by atoms with Crippen LogP contribution in [-0.2, 0) is 19.4 Å². The number of aromatic nitrogens is 1. The summed E-state index contributed by atoms with van der Waals surface area (Å²) in [5.41, 5.74) is 10.0. The van der Waals surface area contributed by atoms with E-state index in [4.69, 9.17) is 10.7 Å². The summed E-state index contributed by atoms with van der Waals surface area (Å²) >= 11 is 0. The van der Waals surface area contributed by atoms with Crippen molar-refractivity contribution in [3.05, 3.63) is 22.9 Å². The fraction of sp³-hybridized carbons (Fsp3) is 0.706. The number of rotatable bonds is 5. The number of nitrogens with two attached hydrogens (primary N) is 1. The molecule has 0 spiro atoms. The van der Waals surface area contributed by atoms with Crippen molar-refractivity contribution in [1.82, 2.24) is 4.98 Å². The monoisotopic (exact) mass is 273 g/mol. The molecule has 0 aromatic carbocycles. The van der Waals surface area contributed by atoms with Gasteiger partial charge in [0.1, 0.15) is 5.82 Å². The molecule has 110 valence electrons. The Balaban J connectivity index is 1.96. The molecule has 2 aliphatic rings. The van der Waals surface area contributed by atoms with Gasteiger partial charge >= 0.3 is 0 Å². The van der Waals surface area contributed by atoms with Crippen LogP contribution in [-0.4, -0.2) is 17.6 Å². The normalized spacial score (nSPS) is 18.2. The maximum Gasteiger partial charge on any atom is 0.133 e. The van der Waals surface area contributed by atoms with Crippen LogP contribution < -0.4 is 10.6 Å². The molecular formula is C17H27N3. The van der Waals surface area contributed by atoms with Crippen LogP contribution in [0.25, 0.3) is 0 Å². The Morgan fingerprint density at radius 3 is 2.70 bits per heavy atom. The molecule has 0 amide bonds. The molecule has 0 aliphatic heterocycles. The second kappa shape index (κ2) is 5.72. The summed E-state index contributed by atoms with van der Waals surface area (Å²) in [4.78, 5) is 7.51. The fourth-order valence-electron chi connectivity index (χ4n) is 3.19. The summed E-state index contributed by atoms with van der Waals surface area (Å²) in [6.45, 7) is 6.29. The molecule has 3 heteroatoms. The number of hydrogen-bond donors (Lipinski definition) is 1. The molecule has 0 bridgehead atoms. The maximum atomic E-state index is 6.00. The lowest BCUT2D eigenvalue weighted by Gasteiger charge is -2.31. The lowest BCUT2D eigenvalue weighted by Crippen LogP contribution is -2.35. The Morgan fingerprint density at radius 1 is 1.30 bits per heavy atom. The smallest absolute Gasteiger partial charge is 0.133 e. The van der Waals surface area contributed by atoms with Crippen LogP contribution >= 0.6 is 0 Å². The minimum absolute atomic E-state index is 0.495. The highest BCUT2D eigenvalue weighted by Crippen LogP contribution is 2.34. The van der Waals surface area contributed by atoms with Gasteiger partial charge in [-0.15, -0.1) is 0 Å². The molecule has 1 aromatic rings. The average molecular weight is 273 g/mol. The highest BCUT2D eigenvalue weighted by Gasteiger charge is 2.28. The fourth-order valence-corrected chi connectivity index (χ4v) is 3.19. The second-order valence-corrected chi connectivity index (χ2v) is 6.68. The van der Waals surface area contributed by atoms with Crippen molar-refractivity contribution in [3.8, 4) is 0 Å². The summed E-state index contributed by atoms with van der Waals surface area (Å²) < 4.78 is 0. The lowest BCUT2D eigenvalue weighted by molar-refractivity contribution is 0.620. The summed E-state index contributed by atoms with van der Waals surface area (Å²) in [6.07, 6.45) is 7.67. The first-order chi connectivity index (χ1) is 9.69. The van der Waals surface area contributed by atoms with Crippen LogP contribution in [0.15, 0.2) is 6.07 Å². The molecule has 0 saturated heterocycles. The zero-order valence-electron chi connectivity index (χ0n) is 12.9. The molecule has 1 saturated carbocycles. The third kappa shape index (κ3) is 2.83. The molecule has 1 heterocycles. The van der Waals surface area contributed by atoms with E-state index >= 15 is 0 Å². The first kappa shape index (κ1) is 13.9. The third-order valence-electron chi connectivity index (χ3n) is 4.62. The first-order valence-electron chi connectivity index (χ1n) is 8.17. The van der Waals surface area contributed by atoms with Crippen molar-refractivity contribution in [2.24, 2.45) is 11.7 Å². The zero-order chi connectivity index (χ0) is 14.1. The number of fused-ring (bicyclic) bond motifs is 1. The van der Waals surface area contributed by atoms with Crippen LogP contribution in [0.4, 0.5) is 5.82 Å². The Hall–Kier alpha value is -1.09. The molecule has 2 aliphatic carbocycles. The molecule has 0 radical (unpaired) electrons. The number of pyridine rings is 1. The Morgan fingerprint density at radius 2 is 2.05 bits per heavy atom. The number of nitrogens with zero attached hydrogens (tertiary/aromatic N) is 2. The van der Waals surface area contributed by atoms with Gasteiger partial charge in [-0.25, -0.2) is 4.98 Å². The Kier molecular flexibility index (Phi) is 3.97. The van der Waals surface area contributed by atoms with Crippen LogP contribution in [0.1, 0.15) is 56.4 Å². The zero-order valence-corrected chi connectivity index (χ0v) is 12.9. The molecule has 1 aromatic heterocycles. The minimum atomic E-state index is 0.495. The molecule has 0 unspecified atom stereocenters. The van der Waals surface area contributed by atoms with Crippen molar-refractivity contribution in [1.29, 1.82) is 0 Å². The lowest BCUT2D eigenvalue weighted by atomic mass is 9.94. The second-order valence-electron chi connectivity index (χ2n) is 6.68. The van der Waals surface area contributed by atoms with Crippen LogP contribution in [0, 0.1) is 5.92 Å². The summed E-state index contributed by atoms with van der Waals surface area (Å²) in [5, 5.41) is 0. The van der Waals surface area contributed by atoms with E-state index in [1.165, 1.54) is 48.9 Å². The van der Waals surface area contributed by atoms with Crippen molar-refractivity contribution in [3.63, 3.8) is 0 Å². The average Bonchev–Trinajstić information content (AvgIpc) is 3.27. The summed E-state index contributed by atoms with van der Waals surface area (Å²) in [7, 11) is 0. The van der Waals surface area contributed by atoms with Gasteiger partial charge in [0.05, 0.1) is 0 Å². The standard InChI is InChI=1S/C17H27N3/c1-12(2)20(11-13-7-8-13)17-15(10-18)9-14-5-3-4-6-16(14)19-17/h9,12-13H,3-8,10-11,18H2,1-2H3. The van der Waals surface area contributed by atoms with Crippen molar-refractivity contribution < 1.29 is 0 Å². The van der Waals surface area contributed by atoms with Gasteiger partial charge in [0.15, 0.2) is 0 Å². The van der Waals surface area contributed by atoms with Gasteiger partial charge in [-0.2, -0.15) is 0 Å². The highest BCUT2D eigenvalue weighted by atomic mass is 15.2. The van der Waals surface area contributed by atoms with E-state index in [-0.39, 0.29) is 0 Å². The molecular weight excluding hydrogens is 246 g/mol. The number of hydrogen-bond acceptors (Lipinski definition) is 3. The van der Waals surface area contributed by atoms with Crippen LogP contribution in [0.3, 0.4) is 0 Å². The van der Waals surface area contributed by atoms with Crippen molar-refractivity contribution >= 4 is 5.82 Å². The van der Waals surface area contributed by atoms with E-state index in [0.29, 0.717) is 12.6 Å². The SMILES string of the molecule is CC(C)N(CC1CC1)c1nc2c(cc1CN)CCCC2. The molecule has 0 atom stereocenters. The summed E-state index contributed by atoms with van der Waals surface area (Å²) in [5.74, 6) is 2.04. The molecule has 1 fully saturated rings. The molecule has 3 nitrogen and oxygen atoms in total. The van der Waals surface area contributed by atoms with Crippen LogP contribution in [0.2, 0.25) is 0 Å². The van der Waals surface area contributed by atoms with Gasteiger partial charge in [0.2, 0.25) is 0 Å². The van der Waals surface area contributed by atoms with E-state index < -0.39 is 0 Å². The minimum Gasteiger partial charge on any atom is -0.354 e. The van der Waals surface area contributed by atoms with Gasteiger partial charge < -0.3 is 10.6 Å². The Bertz CT molecular complexity index is 477. The predicted molar refractivity (Wildman–Crippen MR) is 84.0 cm³/mol. The largest absolute Gasteiger partial charge is 0.354 e. The van der Waals surface area contributed by atoms with Gasteiger partial charge in [-0.3, -0.25) is 0 Å². The molecule has 20 heavy (non-hydrogen) atoms. The van der Waals surface area contributed by atoms with Gasteiger partial charge in [-0.05, 0) is 69.9 Å². The summed E-state index contributed by atoms with van der Waals surface area (Å²) in [6, 6.07) is 2.83. The third-order valence-corrected chi connectivity index (χ3v) is 4.62. The predicted octanol–water partition coefficient (Wildman–Crippen LogP) is 3.04. The van der Waals surface area contributed by atoms with Crippen molar-refractivity contribution in [2.75, 3.05) is 11.4 Å². The Labute approximate surface area is 122 Å². The van der Waals surface area contributed by atoms with E-state index in [1.54, 1.807) is 0 Å². The van der Waals surface area contributed by atoms with Gasteiger partial charge in [-0.1, -0.05) is 0 Å². The first-order valence-corrected chi connectivity index (χ1v) is 8.17. The van der Waals surface area contributed by atoms with E-state index in [1.807, 2.05) is 0 Å². The topological polar surface area (TPSA) is 42.2 Å². The van der Waals surface area contributed by atoms with Gasteiger partial charge in [0, 0.05) is 30.4 Å². The van der Waals surface area contributed by atoms with Crippen LogP contribution in [0.5, 0.6) is 0 Å². The molecule has 2 N–H and O–H groups in total. The maximum absolute atomic E-state index is 6.00. The van der Waals surface area contributed by atoms with E-state index in [0.717, 1.165) is 24.7 Å².